The van der Waals surface area contributed by atoms with Crippen LogP contribution < -0.4 is 4.74 Å². The van der Waals surface area contributed by atoms with Crippen molar-refractivity contribution in [2.45, 2.75) is 11.8 Å². The first-order chi connectivity index (χ1) is 13.4. The Morgan fingerprint density at radius 3 is 2.46 bits per heavy atom. The van der Waals surface area contributed by atoms with Crippen LogP contribution >= 0.6 is 15.9 Å². The smallest absolute Gasteiger partial charge is 0.269 e. The van der Waals surface area contributed by atoms with Crippen LogP contribution in [0, 0.1) is 6.92 Å². The Morgan fingerprint density at radius 2 is 1.75 bits per heavy atom. The molecular formula is C20H16BrN3O3S. The molecule has 142 valence electrons. The van der Waals surface area contributed by atoms with Crippen LogP contribution in [0.2, 0.25) is 0 Å². The van der Waals surface area contributed by atoms with Crippen molar-refractivity contribution in [3.05, 3.63) is 71.1 Å². The number of ether oxygens (including phenoxy) is 1. The summed E-state index contributed by atoms with van der Waals surface area (Å²) in [5.41, 5.74) is 3.06. The van der Waals surface area contributed by atoms with Crippen LogP contribution in [-0.4, -0.2) is 29.5 Å². The molecule has 28 heavy (non-hydrogen) atoms. The topological polar surface area (TPSA) is 74.1 Å². The van der Waals surface area contributed by atoms with Gasteiger partial charge in [0.05, 0.1) is 18.2 Å². The second kappa shape index (κ2) is 7.03. The van der Waals surface area contributed by atoms with E-state index in [0.29, 0.717) is 21.4 Å². The fourth-order valence-corrected chi connectivity index (χ4v) is 4.61. The van der Waals surface area contributed by atoms with Gasteiger partial charge in [0.2, 0.25) is 0 Å². The predicted molar refractivity (Wildman–Crippen MR) is 111 cm³/mol. The lowest BCUT2D eigenvalue weighted by molar-refractivity contribution is 0.416. The van der Waals surface area contributed by atoms with Crippen LogP contribution in [0.3, 0.4) is 0 Å². The molecule has 4 aromatic rings. The van der Waals surface area contributed by atoms with Gasteiger partial charge >= 0.3 is 0 Å². The normalized spacial score (nSPS) is 11.7. The van der Waals surface area contributed by atoms with Crippen molar-refractivity contribution in [1.82, 2.24) is 13.9 Å². The third-order valence-corrected chi connectivity index (χ3v) is 6.46. The molecule has 0 bridgehead atoms. The number of nitrogens with zero attached hydrogens (tertiary/aromatic N) is 3. The molecule has 0 fully saturated rings. The molecule has 0 saturated heterocycles. The summed E-state index contributed by atoms with van der Waals surface area (Å²) < 4.78 is 33.7. The number of fused-ring (bicyclic) bond motifs is 1. The first-order valence-corrected chi connectivity index (χ1v) is 10.6. The Hall–Kier alpha value is -2.71. The van der Waals surface area contributed by atoms with E-state index >= 15 is 0 Å². The maximum absolute atomic E-state index is 13.3. The van der Waals surface area contributed by atoms with Crippen molar-refractivity contribution in [2.24, 2.45) is 0 Å². The fourth-order valence-electron chi connectivity index (χ4n) is 3.01. The van der Waals surface area contributed by atoms with Gasteiger partial charge in [-0.05, 0) is 41.1 Å². The van der Waals surface area contributed by atoms with Crippen LogP contribution in [0.4, 0.5) is 0 Å². The molecule has 0 atom stereocenters. The molecule has 0 saturated carbocycles. The second-order valence-electron chi connectivity index (χ2n) is 6.22. The zero-order valence-electron chi connectivity index (χ0n) is 15.1. The van der Waals surface area contributed by atoms with Gasteiger partial charge in [-0.2, -0.15) is 0 Å². The van der Waals surface area contributed by atoms with Crippen molar-refractivity contribution >= 4 is 37.1 Å². The Bertz CT molecular complexity index is 1280. The van der Waals surface area contributed by atoms with E-state index in [2.05, 4.69) is 25.9 Å². The first kappa shape index (κ1) is 18.6. The number of para-hydroxylation sites is 1. The van der Waals surface area contributed by atoms with E-state index in [1.165, 1.54) is 10.2 Å². The lowest BCUT2D eigenvalue weighted by atomic mass is 10.1. The quantitative estimate of drug-likeness (QED) is 0.453. The van der Waals surface area contributed by atoms with E-state index < -0.39 is 10.0 Å². The summed E-state index contributed by atoms with van der Waals surface area (Å²) in [6, 6.07) is 14.1. The monoisotopic (exact) mass is 457 g/mol. The van der Waals surface area contributed by atoms with Crippen molar-refractivity contribution in [3.63, 3.8) is 0 Å². The molecule has 4 rings (SSSR count). The number of hydrogen-bond donors (Lipinski definition) is 0. The number of aryl methyl sites for hydroxylation is 1. The third kappa shape index (κ3) is 3.08. The molecule has 8 heteroatoms. The highest BCUT2D eigenvalue weighted by Gasteiger charge is 2.24. The first-order valence-electron chi connectivity index (χ1n) is 8.41. The average molecular weight is 458 g/mol. The van der Waals surface area contributed by atoms with E-state index in [1.807, 2.05) is 31.2 Å². The van der Waals surface area contributed by atoms with Gasteiger partial charge in [-0.15, -0.1) is 0 Å². The van der Waals surface area contributed by atoms with Gasteiger partial charge in [0, 0.05) is 17.3 Å². The fraction of sp³-hybridized carbons (Fsp3) is 0.100. The van der Waals surface area contributed by atoms with E-state index in [0.717, 1.165) is 11.1 Å². The van der Waals surface area contributed by atoms with Gasteiger partial charge in [0.15, 0.2) is 5.65 Å². The van der Waals surface area contributed by atoms with Crippen LogP contribution in [0.15, 0.2) is 70.4 Å². The lowest BCUT2D eigenvalue weighted by Gasteiger charge is -2.07. The minimum Gasteiger partial charge on any atom is -0.496 e. The molecule has 2 aromatic carbocycles. The third-order valence-electron chi connectivity index (χ3n) is 4.41. The van der Waals surface area contributed by atoms with Crippen molar-refractivity contribution in [3.8, 4) is 16.9 Å². The summed E-state index contributed by atoms with van der Waals surface area (Å²) in [6.45, 7) is 1.91. The Balaban J connectivity index is 2.02. The standard InChI is InChI=1S/C20H16BrN3O3S/c1-13-7-9-14(10-8-13)28(25,26)24-12-16(15-5-3-4-6-17(15)27-2)19-20(24)22-11-18(21)23-19/h3-12H,1-2H3. The molecule has 0 N–H and O–H groups in total. The Morgan fingerprint density at radius 1 is 1.04 bits per heavy atom. The number of rotatable bonds is 4. The van der Waals surface area contributed by atoms with Crippen molar-refractivity contribution in [2.75, 3.05) is 7.11 Å². The summed E-state index contributed by atoms with van der Waals surface area (Å²) in [5.74, 6) is 0.621. The van der Waals surface area contributed by atoms with Gasteiger partial charge < -0.3 is 4.74 Å². The molecule has 6 nitrogen and oxygen atoms in total. The Kier molecular flexibility index (Phi) is 4.68. The second-order valence-corrected chi connectivity index (χ2v) is 8.85. The number of benzene rings is 2. The van der Waals surface area contributed by atoms with Gasteiger partial charge in [0.25, 0.3) is 10.0 Å². The Labute approximate surface area is 171 Å². The average Bonchev–Trinajstić information content (AvgIpc) is 3.07. The molecule has 2 aromatic heterocycles. The summed E-state index contributed by atoms with van der Waals surface area (Å²) >= 11 is 3.32. The molecule has 0 aliphatic rings. The van der Waals surface area contributed by atoms with Crippen LogP contribution in [-0.2, 0) is 10.0 Å². The van der Waals surface area contributed by atoms with Crippen LogP contribution in [0.25, 0.3) is 22.3 Å². The zero-order valence-corrected chi connectivity index (χ0v) is 17.5. The van der Waals surface area contributed by atoms with Crippen LogP contribution in [0.1, 0.15) is 5.56 Å². The minimum absolute atomic E-state index is 0.186. The molecule has 2 heterocycles. The molecule has 0 spiro atoms. The van der Waals surface area contributed by atoms with Gasteiger partial charge in [0.1, 0.15) is 15.9 Å². The van der Waals surface area contributed by atoms with Crippen molar-refractivity contribution < 1.29 is 13.2 Å². The van der Waals surface area contributed by atoms with Crippen LogP contribution in [0.5, 0.6) is 5.75 Å². The molecule has 0 amide bonds. The summed E-state index contributed by atoms with van der Waals surface area (Å²) in [4.78, 5) is 8.99. The van der Waals surface area contributed by atoms with E-state index in [1.54, 1.807) is 37.6 Å². The molecule has 0 radical (unpaired) electrons. The summed E-state index contributed by atoms with van der Waals surface area (Å²) in [7, 11) is -2.27. The molecule has 0 unspecified atom stereocenters. The van der Waals surface area contributed by atoms with Crippen molar-refractivity contribution in [1.29, 1.82) is 0 Å². The SMILES string of the molecule is COc1ccccc1-c1cn(S(=O)(=O)c2ccc(C)cc2)c2ncc(Br)nc12. The van der Waals surface area contributed by atoms with Gasteiger partial charge in [-0.1, -0.05) is 35.9 Å². The summed E-state index contributed by atoms with van der Waals surface area (Å²) in [6.07, 6.45) is 3.03. The highest BCUT2D eigenvalue weighted by molar-refractivity contribution is 9.10. The number of methoxy groups -OCH3 is 1. The minimum atomic E-state index is -3.84. The maximum Gasteiger partial charge on any atom is 0.269 e. The highest BCUT2D eigenvalue weighted by Crippen LogP contribution is 2.36. The summed E-state index contributed by atoms with van der Waals surface area (Å²) in [5, 5.41) is 0. The molecular weight excluding hydrogens is 442 g/mol. The largest absolute Gasteiger partial charge is 0.496 e. The number of halogens is 1. The number of aromatic nitrogens is 3. The predicted octanol–water partition coefficient (Wildman–Crippen LogP) is 4.41. The molecule has 0 aliphatic heterocycles. The maximum atomic E-state index is 13.3. The van der Waals surface area contributed by atoms with E-state index in [4.69, 9.17) is 4.74 Å². The van der Waals surface area contributed by atoms with E-state index in [9.17, 15) is 8.42 Å². The highest BCUT2D eigenvalue weighted by atomic mass is 79.9. The van der Waals surface area contributed by atoms with E-state index in [-0.39, 0.29) is 10.5 Å². The number of hydrogen-bond acceptors (Lipinski definition) is 5. The zero-order chi connectivity index (χ0) is 19.9. The van der Waals surface area contributed by atoms with Gasteiger partial charge in [-0.3, -0.25) is 0 Å². The lowest BCUT2D eigenvalue weighted by Crippen LogP contribution is -2.12. The van der Waals surface area contributed by atoms with Gasteiger partial charge in [-0.25, -0.2) is 22.4 Å². The molecule has 0 aliphatic carbocycles.